The first-order valence-electron chi connectivity index (χ1n) is 4.02. The van der Waals surface area contributed by atoms with E-state index in [1.807, 2.05) is 12.1 Å². The molecule has 0 atom stereocenters. The molecule has 0 unspecified atom stereocenters. The third kappa shape index (κ3) is 1.64. The Kier molecular flexibility index (Phi) is 2.48. The molecule has 12 heavy (non-hydrogen) atoms. The Morgan fingerprint density at radius 2 is 2.17 bits per heavy atom. The molecule has 0 aliphatic rings. The molecule has 0 aliphatic heterocycles. The van der Waals surface area contributed by atoms with E-state index in [0.29, 0.717) is 11.3 Å². The molecule has 0 aromatic heterocycles. The van der Waals surface area contributed by atoms with E-state index in [0.717, 1.165) is 12.0 Å². The smallest absolute Gasteiger partial charge is 0.124 e. The van der Waals surface area contributed by atoms with E-state index in [1.54, 1.807) is 13.0 Å². The van der Waals surface area contributed by atoms with Crippen LogP contribution in [0.5, 0.6) is 5.75 Å². The van der Waals surface area contributed by atoms with Crippen molar-refractivity contribution in [3.05, 3.63) is 29.3 Å². The first kappa shape index (κ1) is 8.78. The summed E-state index contributed by atoms with van der Waals surface area (Å²) in [6.07, 6.45) is 0.931. The van der Waals surface area contributed by atoms with E-state index in [4.69, 9.17) is 5.41 Å². The lowest BCUT2D eigenvalue weighted by Crippen LogP contribution is -1.94. The predicted octanol–water partition coefficient (Wildman–Crippen LogP) is 2.34. The van der Waals surface area contributed by atoms with E-state index < -0.39 is 0 Å². The Morgan fingerprint density at radius 1 is 1.50 bits per heavy atom. The summed E-state index contributed by atoms with van der Waals surface area (Å²) in [5.74, 6) is 0.194. The molecule has 0 saturated carbocycles. The summed E-state index contributed by atoms with van der Waals surface area (Å²) in [4.78, 5) is 0. The van der Waals surface area contributed by atoms with Crippen LogP contribution in [0.4, 0.5) is 0 Å². The van der Waals surface area contributed by atoms with Crippen molar-refractivity contribution in [3.63, 3.8) is 0 Å². The van der Waals surface area contributed by atoms with Crippen LogP contribution in [0.3, 0.4) is 0 Å². The maximum absolute atomic E-state index is 9.36. The van der Waals surface area contributed by atoms with E-state index in [2.05, 4.69) is 6.92 Å². The van der Waals surface area contributed by atoms with Gasteiger partial charge in [0, 0.05) is 11.3 Å². The summed E-state index contributed by atoms with van der Waals surface area (Å²) in [7, 11) is 0. The number of hydrogen-bond donors (Lipinski definition) is 2. The molecule has 64 valence electrons. The molecule has 0 bridgehead atoms. The summed E-state index contributed by atoms with van der Waals surface area (Å²) in [5, 5.41) is 16.7. The molecule has 0 amide bonds. The van der Waals surface area contributed by atoms with Gasteiger partial charge in [-0.2, -0.15) is 0 Å². The van der Waals surface area contributed by atoms with Crippen LogP contribution in [-0.4, -0.2) is 10.8 Å². The molecule has 2 nitrogen and oxygen atoms in total. The van der Waals surface area contributed by atoms with Gasteiger partial charge in [0.05, 0.1) is 0 Å². The molecular weight excluding hydrogens is 150 g/mol. The van der Waals surface area contributed by atoms with Crippen LogP contribution >= 0.6 is 0 Å². The topological polar surface area (TPSA) is 44.1 Å². The lowest BCUT2D eigenvalue weighted by Gasteiger charge is -2.04. The maximum Gasteiger partial charge on any atom is 0.124 e. The molecule has 1 rings (SSSR count). The van der Waals surface area contributed by atoms with Gasteiger partial charge in [-0.05, 0) is 31.0 Å². The average molecular weight is 163 g/mol. The zero-order valence-electron chi connectivity index (χ0n) is 7.39. The van der Waals surface area contributed by atoms with Crippen LogP contribution in [0.2, 0.25) is 0 Å². The molecule has 2 heteroatoms. The maximum atomic E-state index is 9.36. The summed E-state index contributed by atoms with van der Waals surface area (Å²) >= 11 is 0. The zero-order valence-corrected chi connectivity index (χ0v) is 7.39. The molecule has 0 heterocycles. The fourth-order valence-electron chi connectivity index (χ4n) is 1.10. The lowest BCUT2D eigenvalue weighted by molar-refractivity contribution is 0.474. The predicted molar refractivity (Wildman–Crippen MR) is 50.0 cm³/mol. The molecule has 0 saturated heterocycles. The molecule has 0 fully saturated rings. The molecule has 0 spiro atoms. The lowest BCUT2D eigenvalue weighted by atomic mass is 10.0. The minimum absolute atomic E-state index is 0.194. The Labute approximate surface area is 72.4 Å². The van der Waals surface area contributed by atoms with Crippen molar-refractivity contribution in [2.24, 2.45) is 0 Å². The van der Waals surface area contributed by atoms with Gasteiger partial charge in [0.15, 0.2) is 0 Å². The van der Waals surface area contributed by atoms with Crippen LogP contribution in [0.25, 0.3) is 0 Å². The number of phenols is 1. The first-order valence-corrected chi connectivity index (χ1v) is 4.02. The van der Waals surface area contributed by atoms with E-state index >= 15 is 0 Å². The van der Waals surface area contributed by atoms with Gasteiger partial charge >= 0.3 is 0 Å². The molecule has 0 radical (unpaired) electrons. The number of nitrogens with one attached hydrogen (secondary N) is 1. The Hall–Kier alpha value is -1.31. The highest BCUT2D eigenvalue weighted by molar-refractivity contribution is 5.98. The van der Waals surface area contributed by atoms with Crippen molar-refractivity contribution >= 4 is 5.71 Å². The highest BCUT2D eigenvalue weighted by atomic mass is 16.3. The quantitative estimate of drug-likeness (QED) is 0.646. The second-order valence-electron chi connectivity index (χ2n) is 2.83. The monoisotopic (exact) mass is 163 g/mol. The zero-order chi connectivity index (χ0) is 9.14. The van der Waals surface area contributed by atoms with E-state index in [1.165, 1.54) is 0 Å². The third-order valence-corrected chi connectivity index (χ3v) is 1.87. The summed E-state index contributed by atoms with van der Waals surface area (Å²) in [6.45, 7) is 3.73. The van der Waals surface area contributed by atoms with Gasteiger partial charge in [-0.1, -0.05) is 13.0 Å². The normalized spacial score (nSPS) is 9.83. The van der Waals surface area contributed by atoms with Crippen molar-refractivity contribution in [3.8, 4) is 5.75 Å². The molecule has 2 N–H and O–H groups in total. The van der Waals surface area contributed by atoms with Gasteiger partial charge < -0.3 is 10.5 Å². The average Bonchev–Trinajstić information content (AvgIpc) is 2.05. The number of rotatable bonds is 2. The summed E-state index contributed by atoms with van der Waals surface area (Å²) in [5.41, 5.74) is 2.19. The number of aromatic hydroxyl groups is 1. The number of aryl methyl sites for hydroxylation is 1. The molecule has 1 aromatic rings. The third-order valence-electron chi connectivity index (χ3n) is 1.87. The molecule has 0 aliphatic carbocycles. The van der Waals surface area contributed by atoms with Crippen molar-refractivity contribution in [2.75, 3.05) is 0 Å². The Bertz CT molecular complexity index is 305. The van der Waals surface area contributed by atoms with Crippen LogP contribution in [0.1, 0.15) is 25.0 Å². The van der Waals surface area contributed by atoms with Gasteiger partial charge in [-0.3, -0.25) is 0 Å². The van der Waals surface area contributed by atoms with Gasteiger partial charge in [0.2, 0.25) is 0 Å². The fourth-order valence-corrected chi connectivity index (χ4v) is 1.10. The highest BCUT2D eigenvalue weighted by Crippen LogP contribution is 2.18. The van der Waals surface area contributed by atoms with Crippen molar-refractivity contribution in [2.45, 2.75) is 20.3 Å². The fraction of sp³-hybridized carbons (Fsp3) is 0.300. The minimum atomic E-state index is 0.194. The minimum Gasteiger partial charge on any atom is -0.507 e. The van der Waals surface area contributed by atoms with Crippen LogP contribution in [0.15, 0.2) is 18.2 Å². The standard InChI is InChI=1S/C10H13NO/c1-3-8-4-5-10(12)9(6-8)7(2)11/h4-6,11-12H,3H2,1-2H3. The number of hydrogen-bond acceptors (Lipinski definition) is 2. The SMILES string of the molecule is CCc1ccc(O)c(C(C)=N)c1. The first-order chi connectivity index (χ1) is 5.65. The second-order valence-corrected chi connectivity index (χ2v) is 2.83. The van der Waals surface area contributed by atoms with E-state index in [9.17, 15) is 5.11 Å². The molecule has 1 aromatic carbocycles. The van der Waals surface area contributed by atoms with Gasteiger partial charge in [-0.25, -0.2) is 0 Å². The summed E-state index contributed by atoms with van der Waals surface area (Å²) < 4.78 is 0. The van der Waals surface area contributed by atoms with E-state index in [-0.39, 0.29) is 5.75 Å². The number of phenolic OH excluding ortho intramolecular Hbond substituents is 1. The van der Waals surface area contributed by atoms with Gasteiger partial charge in [0.25, 0.3) is 0 Å². The summed E-state index contributed by atoms with van der Waals surface area (Å²) in [6, 6.07) is 5.38. The van der Waals surface area contributed by atoms with Gasteiger partial charge in [-0.15, -0.1) is 0 Å². The van der Waals surface area contributed by atoms with Crippen LogP contribution in [0, 0.1) is 5.41 Å². The highest BCUT2D eigenvalue weighted by Gasteiger charge is 2.02. The van der Waals surface area contributed by atoms with Crippen LogP contribution < -0.4 is 0 Å². The molecular formula is C10H13NO. The second kappa shape index (κ2) is 3.39. The van der Waals surface area contributed by atoms with Crippen molar-refractivity contribution in [1.29, 1.82) is 5.41 Å². The largest absolute Gasteiger partial charge is 0.507 e. The van der Waals surface area contributed by atoms with Gasteiger partial charge in [0.1, 0.15) is 5.75 Å². The van der Waals surface area contributed by atoms with Crippen molar-refractivity contribution in [1.82, 2.24) is 0 Å². The Balaban J connectivity index is 3.17. The van der Waals surface area contributed by atoms with Crippen molar-refractivity contribution < 1.29 is 5.11 Å². The number of benzene rings is 1. The van der Waals surface area contributed by atoms with Crippen LogP contribution in [-0.2, 0) is 6.42 Å². The Morgan fingerprint density at radius 3 is 2.67 bits per heavy atom.